The average molecular weight is 428 g/mol. The van der Waals surface area contributed by atoms with Gasteiger partial charge in [-0.2, -0.15) is 0 Å². The summed E-state index contributed by atoms with van der Waals surface area (Å²) in [6, 6.07) is 6.76. The van der Waals surface area contributed by atoms with Gasteiger partial charge in [-0.05, 0) is 46.1 Å². The van der Waals surface area contributed by atoms with E-state index in [0.717, 1.165) is 20.2 Å². The van der Waals surface area contributed by atoms with E-state index in [4.69, 9.17) is 0 Å². The highest BCUT2D eigenvalue weighted by molar-refractivity contribution is 9.10. The van der Waals surface area contributed by atoms with Gasteiger partial charge in [-0.15, -0.1) is 11.3 Å². The molecular formula is C16H15BrFN3OS2. The fourth-order valence-electron chi connectivity index (χ4n) is 2.13. The molecule has 1 amide bonds. The molecule has 2 aromatic heterocycles. The van der Waals surface area contributed by atoms with E-state index in [1.807, 2.05) is 25.1 Å². The number of anilines is 1. The Morgan fingerprint density at radius 1 is 1.33 bits per heavy atom. The molecule has 0 unspecified atom stereocenters. The lowest BCUT2D eigenvalue weighted by Gasteiger charge is -2.05. The van der Waals surface area contributed by atoms with Crippen molar-refractivity contribution in [3.63, 3.8) is 0 Å². The molecule has 0 radical (unpaired) electrons. The summed E-state index contributed by atoms with van der Waals surface area (Å²) < 4.78 is 14.7. The summed E-state index contributed by atoms with van der Waals surface area (Å²) in [4.78, 5) is 20.2. The van der Waals surface area contributed by atoms with Gasteiger partial charge in [0.25, 0.3) is 5.91 Å². The first-order valence-electron chi connectivity index (χ1n) is 7.24. The van der Waals surface area contributed by atoms with Crippen molar-refractivity contribution < 1.29 is 9.18 Å². The molecule has 0 bridgehead atoms. The number of hydrogen-bond acceptors (Lipinski definition) is 5. The molecule has 24 heavy (non-hydrogen) atoms. The van der Waals surface area contributed by atoms with E-state index in [9.17, 15) is 9.18 Å². The van der Waals surface area contributed by atoms with Crippen LogP contribution in [0.2, 0.25) is 0 Å². The number of thiophene rings is 1. The third kappa shape index (κ3) is 3.76. The second-order valence-corrected chi connectivity index (χ2v) is 8.32. The number of halogens is 2. The van der Waals surface area contributed by atoms with Crippen molar-refractivity contribution in [3.8, 4) is 0 Å². The van der Waals surface area contributed by atoms with E-state index in [1.54, 1.807) is 23.5 Å². The van der Waals surface area contributed by atoms with Gasteiger partial charge >= 0.3 is 0 Å². The summed E-state index contributed by atoms with van der Waals surface area (Å²) in [6.45, 7) is 0.499. The minimum Gasteiger partial charge on any atom is -0.354 e. The molecule has 126 valence electrons. The minimum atomic E-state index is -0.286. The smallest absolute Gasteiger partial charge is 0.261 e. The number of hydrogen-bond donors (Lipinski definition) is 1. The van der Waals surface area contributed by atoms with Crippen LogP contribution in [0.1, 0.15) is 15.2 Å². The van der Waals surface area contributed by atoms with Crippen LogP contribution in [0.3, 0.4) is 0 Å². The zero-order chi connectivity index (χ0) is 17.3. The van der Waals surface area contributed by atoms with Crippen LogP contribution in [0.4, 0.5) is 9.52 Å². The van der Waals surface area contributed by atoms with Crippen LogP contribution in [-0.2, 0) is 6.42 Å². The minimum absolute atomic E-state index is 0.0993. The largest absolute Gasteiger partial charge is 0.354 e. The molecule has 0 spiro atoms. The van der Waals surface area contributed by atoms with Gasteiger partial charge < -0.3 is 10.2 Å². The van der Waals surface area contributed by atoms with Crippen molar-refractivity contribution in [1.82, 2.24) is 10.3 Å². The summed E-state index contributed by atoms with van der Waals surface area (Å²) in [7, 11) is 3.90. The number of carbonyl (C=O) groups excluding carboxylic acids is 1. The molecule has 8 heteroatoms. The van der Waals surface area contributed by atoms with Crippen molar-refractivity contribution in [2.24, 2.45) is 0 Å². The Kier molecular flexibility index (Phi) is 5.17. The van der Waals surface area contributed by atoms with E-state index >= 15 is 0 Å². The van der Waals surface area contributed by atoms with Gasteiger partial charge in [-0.1, -0.05) is 17.4 Å². The number of nitrogens with one attached hydrogen (secondary N) is 1. The van der Waals surface area contributed by atoms with Crippen LogP contribution in [0.25, 0.3) is 9.53 Å². The SMILES string of the molecule is CN(C)c1nc2sc(C(=O)NCCc3ccc(F)c(Br)c3)cc2s1. The third-order valence-electron chi connectivity index (χ3n) is 3.37. The summed E-state index contributed by atoms with van der Waals surface area (Å²) in [5.74, 6) is -0.385. The van der Waals surface area contributed by atoms with Crippen LogP contribution in [0.15, 0.2) is 28.7 Å². The number of amides is 1. The van der Waals surface area contributed by atoms with E-state index in [0.29, 0.717) is 22.3 Å². The second kappa shape index (κ2) is 7.16. The number of rotatable bonds is 5. The van der Waals surface area contributed by atoms with Crippen LogP contribution < -0.4 is 10.2 Å². The zero-order valence-electron chi connectivity index (χ0n) is 13.1. The van der Waals surface area contributed by atoms with Crippen LogP contribution in [0, 0.1) is 5.82 Å². The Balaban J connectivity index is 1.60. The van der Waals surface area contributed by atoms with Gasteiger partial charge in [0.05, 0.1) is 14.0 Å². The fourth-order valence-corrected chi connectivity index (χ4v) is 4.61. The molecule has 3 aromatic rings. The Labute approximate surface area is 155 Å². The fraction of sp³-hybridized carbons (Fsp3) is 0.250. The maximum Gasteiger partial charge on any atom is 0.261 e. The molecule has 4 nitrogen and oxygen atoms in total. The predicted molar refractivity (Wildman–Crippen MR) is 102 cm³/mol. The molecular weight excluding hydrogens is 413 g/mol. The first-order valence-corrected chi connectivity index (χ1v) is 9.66. The molecule has 0 fully saturated rings. The van der Waals surface area contributed by atoms with Gasteiger partial charge in [0.2, 0.25) is 0 Å². The maximum atomic E-state index is 13.2. The first-order chi connectivity index (χ1) is 11.4. The van der Waals surface area contributed by atoms with Gasteiger partial charge in [-0.3, -0.25) is 4.79 Å². The zero-order valence-corrected chi connectivity index (χ0v) is 16.3. The van der Waals surface area contributed by atoms with E-state index in [-0.39, 0.29) is 11.7 Å². The number of carbonyl (C=O) groups is 1. The molecule has 0 saturated heterocycles. The summed E-state index contributed by atoms with van der Waals surface area (Å²) in [6.07, 6.45) is 0.646. The van der Waals surface area contributed by atoms with Gasteiger partial charge in [0, 0.05) is 20.6 Å². The predicted octanol–water partition coefficient (Wildman–Crippen LogP) is 4.30. The number of thiazole rings is 1. The molecule has 0 atom stereocenters. The van der Waals surface area contributed by atoms with E-state index in [2.05, 4.69) is 26.2 Å². The Morgan fingerprint density at radius 2 is 2.12 bits per heavy atom. The molecule has 0 saturated carbocycles. The highest BCUT2D eigenvalue weighted by Gasteiger charge is 2.14. The van der Waals surface area contributed by atoms with Crippen LogP contribution in [-0.4, -0.2) is 31.5 Å². The lowest BCUT2D eigenvalue weighted by molar-refractivity contribution is 0.0958. The number of nitrogens with zero attached hydrogens (tertiary/aromatic N) is 2. The first kappa shape index (κ1) is 17.3. The average Bonchev–Trinajstić information content (AvgIpc) is 3.09. The standard InChI is InChI=1S/C16H15BrFN3OS2/c1-21(2)16-20-15-13(24-16)8-12(23-15)14(22)19-6-5-9-3-4-11(18)10(17)7-9/h3-4,7-8H,5-6H2,1-2H3,(H,19,22). The third-order valence-corrected chi connectivity index (χ3v) is 6.30. The molecule has 3 rings (SSSR count). The second-order valence-electron chi connectivity index (χ2n) is 5.43. The maximum absolute atomic E-state index is 13.2. The van der Waals surface area contributed by atoms with Crippen molar-refractivity contribution >= 4 is 59.2 Å². The topological polar surface area (TPSA) is 45.2 Å². The molecule has 0 aliphatic heterocycles. The van der Waals surface area contributed by atoms with Gasteiger partial charge in [0.15, 0.2) is 5.13 Å². The molecule has 0 aliphatic carbocycles. The Morgan fingerprint density at radius 3 is 2.79 bits per heavy atom. The van der Waals surface area contributed by atoms with Gasteiger partial charge in [0.1, 0.15) is 10.6 Å². The van der Waals surface area contributed by atoms with E-state index < -0.39 is 0 Å². The number of benzene rings is 1. The quantitative estimate of drug-likeness (QED) is 0.659. The summed E-state index contributed by atoms with van der Waals surface area (Å²) in [5, 5.41) is 3.83. The number of fused-ring (bicyclic) bond motifs is 1. The Hall–Kier alpha value is -1.51. The van der Waals surface area contributed by atoms with E-state index in [1.165, 1.54) is 17.4 Å². The summed E-state index contributed by atoms with van der Waals surface area (Å²) >= 11 is 6.13. The summed E-state index contributed by atoms with van der Waals surface area (Å²) in [5.41, 5.74) is 0.966. The van der Waals surface area contributed by atoms with Crippen LogP contribution >= 0.6 is 38.6 Å². The van der Waals surface area contributed by atoms with Crippen molar-refractivity contribution in [2.45, 2.75) is 6.42 Å². The molecule has 0 aliphatic rings. The van der Waals surface area contributed by atoms with Gasteiger partial charge in [-0.25, -0.2) is 9.37 Å². The lowest BCUT2D eigenvalue weighted by atomic mass is 10.1. The normalized spacial score (nSPS) is 11.0. The molecule has 2 heterocycles. The van der Waals surface area contributed by atoms with Crippen molar-refractivity contribution in [1.29, 1.82) is 0 Å². The highest BCUT2D eigenvalue weighted by Crippen LogP contribution is 2.33. The highest BCUT2D eigenvalue weighted by atomic mass is 79.9. The molecule has 1 aromatic carbocycles. The lowest BCUT2D eigenvalue weighted by Crippen LogP contribution is -2.24. The van der Waals surface area contributed by atoms with Crippen molar-refractivity contribution in [2.75, 3.05) is 25.5 Å². The monoisotopic (exact) mass is 427 g/mol. The van der Waals surface area contributed by atoms with Crippen LogP contribution in [0.5, 0.6) is 0 Å². The molecule has 1 N–H and O–H groups in total. The van der Waals surface area contributed by atoms with Crippen molar-refractivity contribution in [3.05, 3.63) is 45.0 Å². The number of aromatic nitrogens is 1. The Bertz CT molecular complexity index is 859.